The largest absolute Gasteiger partial charge is 0.480 e. The number of carbonyl (C=O) groups is 1. The summed E-state index contributed by atoms with van der Waals surface area (Å²) in [4.78, 5) is 10.9. The minimum absolute atomic E-state index is 0.146. The van der Waals surface area contributed by atoms with E-state index in [9.17, 15) is 18.3 Å². The van der Waals surface area contributed by atoms with Gasteiger partial charge in [0.25, 0.3) is 0 Å². The van der Waals surface area contributed by atoms with Gasteiger partial charge < -0.3 is 10.2 Å². The minimum atomic E-state index is -4.06. The number of aliphatic hydroxyl groups excluding tert-OH is 1. The molecule has 0 radical (unpaired) electrons. The van der Waals surface area contributed by atoms with Gasteiger partial charge in [0.15, 0.2) is 0 Å². The van der Waals surface area contributed by atoms with Crippen molar-refractivity contribution < 1.29 is 23.4 Å². The second-order valence-corrected chi connectivity index (χ2v) is 6.35. The first kappa shape index (κ1) is 14.5. The monoisotopic (exact) mass is 296 g/mol. The second kappa shape index (κ2) is 5.20. The molecule has 0 aromatic heterocycles. The maximum Gasteiger partial charge on any atom is 0.322 e. The molecule has 2 rings (SSSR count). The fourth-order valence-electron chi connectivity index (χ4n) is 2.14. The lowest BCUT2D eigenvalue weighted by molar-refractivity contribution is -0.140. The average Bonchev–Trinajstić information content (AvgIpc) is 2.82. The lowest BCUT2D eigenvalue weighted by Crippen LogP contribution is -2.40. The molecule has 1 aliphatic rings. The molecule has 7 nitrogen and oxygen atoms in total. The molecule has 2 atom stereocenters. The van der Waals surface area contributed by atoms with Crippen LogP contribution in [0.2, 0.25) is 0 Å². The number of β-amino-alcohol motifs (C(OH)–C–C–N with tert-alkyl or cyclic N) is 1. The molecule has 0 spiro atoms. The third-order valence-electron chi connectivity index (χ3n) is 3.09. The molecule has 0 aliphatic carbocycles. The van der Waals surface area contributed by atoms with E-state index in [1.54, 1.807) is 0 Å². The van der Waals surface area contributed by atoms with Gasteiger partial charge in [0.05, 0.1) is 22.6 Å². The van der Waals surface area contributed by atoms with Crippen LogP contribution in [0.15, 0.2) is 29.2 Å². The summed E-state index contributed by atoms with van der Waals surface area (Å²) in [5.41, 5.74) is 0.165. The molecule has 1 fully saturated rings. The van der Waals surface area contributed by atoms with Crippen LogP contribution in [0.25, 0.3) is 0 Å². The summed E-state index contributed by atoms with van der Waals surface area (Å²) < 4.78 is 25.6. The van der Waals surface area contributed by atoms with Gasteiger partial charge in [-0.25, -0.2) is 8.42 Å². The topological polar surface area (TPSA) is 119 Å². The molecule has 0 bridgehead atoms. The first-order chi connectivity index (χ1) is 9.36. The zero-order valence-electron chi connectivity index (χ0n) is 10.3. The molecule has 1 saturated heterocycles. The van der Waals surface area contributed by atoms with Crippen LogP contribution in [0.5, 0.6) is 0 Å². The average molecular weight is 296 g/mol. The number of hydrogen-bond donors (Lipinski definition) is 2. The van der Waals surface area contributed by atoms with Gasteiger partial charge in [0.2, 0.25) is 10.0 Å². The van der Waals surface area contributed by atoms with Gasteiger partial charge in [-0.15, -0.1) is 0 Å². The van der Waals surface area contributed by atoms with Gasteiger partial charge >= 0.3 is 5.97 Å². The highest BCUT2D eigenvalue weighted by Gasteiger charge is 2.43. The van der Waals surface area contributed by atoms with Crippen molar-refractivity contribution in [3.05, 3.63) is 29.8 Å². The van der Waals surface area contributed by atoms with Crippen LogP contribution >= 0.6 is 0 Å². The number of nitriles is 1. The quantitative estimate of drug-likeness (QED) is 0.795. The second-order valence-electron chi connectivity index (χ2n) is 4.46. The van der Waals surface area contributed by atoms with Crippen molar-refractivity contribution in [2.45, 2.75) is 23.5 Å². The first-order valence-electron chi connectivity index (χ1n) is 5.79. The maximum atomic E-state index is 12.4. The van der Waals surface area contributed by atoms with E-state index >= 15 is 0 Å². The molecule has 8 heteroatoms. The molecule has 106 valence electrons. The molecular weight excluding hydrogens is 284 g/mol. The van der Waals surface area contributed by atoms with Crippen molar-refractivity contribution in [3.8, 4) is 6.07 Å². The van der Waals surface area contributed by atoms with E-state index in [0.717, 1.165) is 4.31 Å². The van der Waals surface area contributed by atoms with Crippen molar-refractivity contribution in [1.29, 1.82) is 5.26 Å². The molecule has 1 heterocycles. The number of carboxylic acids is 1. The van der Waals surface area contributed by atoms with Crippen molar-refractivity contribution in [2.75, 3.05) is 6.54 Å². The number of benzene rings is 1. The van der Waals surface area contributed by atoms with Crippen LogP contribution in [-0.4, -0.2) is 47.6 Å². The Hall–Kier alpha value is -1.95. The Balaban J connectivity index is 2.44. The van der Waals surface area contributed by atoms with Gasteiger partial charge in [0.1, 0.15) is 6.04 Å². The van der Waals surface area contributed by atoms with E-state index in [-0.39, 0.29) is 23.4 Å². The third-order valence-corrected chi connectivity index (χ3v) is 4.96. The van der Waals surface area contributed by atoms with Crippen LogP contribution in [-0.2, 0) is 14.8 Å². The van der Waals surface area contributed by atoms with Crippen molar-refractivity contribution in [1.82, 2.24) is 4.31 Å². The summed E-state index contributed by atoms with van der Waals surface area (Å²) in [6.07, 6.45) is -1.16. The highest BCUT2D eigenvalue weighted by atomic mass is 32.2. The minimum Gasteiger partial charge on any atom is -0.480 e. The molecule has 1 unspecified atom stereocenters. The maximum absolute atomic E-state index is 12.4. The Morgan fingerprint density at radius 2 is 2.15 bits per heavy atom. The molecule has 1 aromatic rings. The fraction of sp³-hybridized carbons (Fsp3) is 0.333. The standard InChI is InChI=1S/C12H12N2O5S/c13-6-8-2-1-3-10(4-8)20(18,19)14-7-9(15)5-11(14)12(16)17/h1-4,9,11,15H,5,7H2,(H,16,17)/t9?,11-/m0/s1. The van der Waals surface area contributed by atoms with Crippen LogP contribution in [0.3, 0.4) is 0 Å². The highest BCUT2D eigenvalue weighted by Crippen LogP contribution is 2.26. The molecule has 1 aliphatic heterocycles. The zero-order chi connectivity index (χ0) is 14.9. The van der Waals surface area contributed by atoms with E-state index in [4.69, 9.17) is 10.4 Å². The molecule has 20 heavy (non-hydrogen) atoms. The van der Waals surface area contributed by atoms with E-state index in [1.807, 2.05) is 6.07 Å². The van der Waals surface area contributed by atoms with Gasteiger partial charge in [0, 0.05) is 13.0 Å². The number of aliphatic carboxylic acids is 1. The molecule has 1 aromatic carbocycles. The van der Waals surface area contributed by atoms with Gasteiger partial charge in [-0.05, 0) is 18.2 Å². The number of sulfonamides is 1. The summed E-state index contributed by atoms with van der Waals surface area (Å²) in [5, 5.41) is 27.3. The van der Waals surface area contributed by atoms with Crippen molar-refractivity contribution in [3.63, 3.8) is 0 Å². The van der Waals surface area contributed by atoms with Crippen LogP contribution in [0, 0.1) is 11.3 Å². The SMILES string of the molecule is N#Cc1cccc(S(=O)(=O)N2CC(O)C[C@H]2C(=O)O)c1. The number of rotatable bonds is 3. The number of nitrogens with zero attached hydrogens (tertiary/aromatic N) is 2. The number of aliphatic hydroxyl groups is 1. The molecule has 0 saturated carbocycles. The predicted octanol–water partition coefficient (Wildman–Crippen LogP) is -0.233. The van der Waals surface area contributed by atoms with Crippen LogP contribution < -0.4 is 0 Å². The Morgan fingerprint density at radius 1 is 1.45 bits per heavy atom. The Morgan fingerprint density at radius 3 is 2.75 bits per heavy atom. The predicted molar refractivity (Wildman–Crippen MR) is 67.1 cm³/mol. The van der Waals surface area contributed by atoms with Gasteiger partial charge in [-0.3, -0.25) is 4.79 Å². The fourth-order valence-corrected chi connectivity index (χ4v) is 3.81. The van der Waals surface area contributed by atoms with Crippen molar-refractivity contribution in [2.24, 2.45) is 0 Å². The normalized spacial score (nSPS) is 23.4. The van der Waals surface area contributed by atoms with E-state index < -0.39 is 28.1 Å². The number of hydrogen-bond acceptors (Lipinski definition) is 5. The summed E-state index contributed by atoms with van der Waals surface area (Å²) in [5.74, 6) is -1.30. The van der Waals surface area contributed by atoms with E-state index in [2.05, 4.69) is 0 Å². The van der Waals surface area contributed by atoms with E-state index in [1.165, 1.54) is 24.3 Å². The van der Waals surface area contributed by atoms with Crippen LogP contribution in [0.1, 0.15) is 12.0 Å². The Labute approximate surface area is 115 Å². The molecule has 2 N–H and O–H groups in total. The first-order valence-corrected chi connectivity index (χ1v) is 7.23. The van der Waals surface area contributed by atoms with Crippen LogP contribution in [0.4, 0.5) is 0 Å². The van der Waals surface area contributed by atoms with Crippen molar-refractivity contribution >= 4 is 16.0 Å². The summed E-state index contributed by atoms with van der Waals surface area (Å²) in [6, 6.07) is 5.87. The van der Waals surface area contributed by atoms with Gasteiger partial charge in [-0.2, -0.15) is 9.57 Å². The molecule has 0 amide bonds. The third kappa shape index (κ3) is 2.51. The molecular formula is C12H12N2O5S. The Kier molecular flexibility index (Phi) is 3.76. The number of carboxylic acid groups (broad SMARTS) is 1. The lowest BCUT2D eigenvalue weighted by atomic mass is 10.2. The lowest BCUT2D eigenvalue weighted by Gasteiger charge is -2.20. The highest BCUT2D eigenvalue weighted by molar-refractivity contribution is 7.89. The summed E-state index contributed by atoms with van der Waals surface area (Å²) >= 11 is 0. The Bertz CT molecular complexity index is 679. The zero-order valence-corrected chi connectivity index (χ0v) is 11.1. The van der Waals surface area contributed by atoms with Gasteiger partial charge in [-0.1, -0.05) is 6.07 Å². The smallest absolute Gasteiger partial charge is 0.322 e. The van der Waals surface area contributed by atoms with E-state index in [0.29, 0.717) is 0 Å². The summed E-state index contributed by atoms with van der Waals surface area (Å²) in [6.45, 7) is -0.268. The summed E-state index contributed by atoms with van der Waals surface area (Å²) in [7, 11) is -4.06.